The van der Waals surface area contributed by atoms with Crippen LogP contribution < -0.4 is 0 Å². The summed E-state index contributed by atoms with van der Waals surface area (Å²) in [5, 5.41) is 38.0. The number of hydrogen-bond acceptors (Lipinski definition) is 8. The molecule has 3 rings (SSSR count). The van der Waals surface area contributed by atoms with Gasteiger partial charge in [0.05, 0.1) is 25.5 Å². The lowest BCUT2D eigenvalue weighted by molar-refractivity contribution is -0.0972. The number of rotatable bonds is 10. The van der Waals surface area contributed by atoms with E-state index in [-0.39, 0.29) is 23.0 Å². The number of hydrogen-bond donors (Lipinski definition) is 3. The van der Waals surface area contributed by atoms with Gasteiger partial charge in [-0.3, -0.25) is 0 Å². The van der Waals surface area contributed by atoms with E-state index < -0.39 is 47.8 Å². The summed E-state index contributed by atoms with van der Waals surface area (Å²) in [5.74, 6) is -4.33. The van der Waals surface area contributed by atoms with Crippen molar-refractivity contribution in [2.24, 2.45) is 0 Å². The SMILES string of the molecule is C[C@@H](O)C(CO)OC(Sc1ccnc(Cl)c1)[C@@H](O)Cn1cc(-c2cc(F)c(F)c(F)c2)nn1. The van der Waals surface area contributed by atoms with E-state index in [0.29, 0.717) is 4.90 Å². The maximum atomic E-state index is 13.5. The third-order valence-corrected chi connectivity index (χ3v) is 5.87. The van der Waals surface area contributed by atoms with Crippen LogP contribution >= 0.6 is 23.4 Å². The Bertz CT molecular complexity index is 1070. The topological polar surface area (TPSA) is 114 Å². The van der Waals surface area contributed by atoms with Crippen molar-refractivity contribution in [3.05, 3.63) is 59.3 Å². The van der Waals surface area contributed by atoms with Crippen molar-refractivity contribution in [1.29, 1.82) is 0 Å². The minimum absolute atomic E-state index is 0.0322. The van der Waals surface area contributed by atoms with Crippen LogP contribution in [0.15, 0.2) is 41.6 Å². The summed E-state index contributed by atoms with van der Waals surface area (Å²) >= 11 is 6.99. The van der Waals surface area contributed by atoms with E-state index in [9.17, 15) is 28.5 Å². The Balaban J connectivity index is 1.79. The maximum Gasteiger partial charge on any atom is 0.194 e. The van der Waals surface area contributed by atoms with Gasteiger partial charge in [-0.2, -0.15) is 0 Å². The average Bonchev–Trinajstić information content (AvgIpc) is 3.22. The van der Waals surface area contributed by atoms with Crippen molar-refractivity contribution in [3.63, 3.8) is 0 Å². The standard InChI is InChI=1S/C20H20ClF3N4O4S/c1-10(30)17(9-29)32-20(33-12-2-3-25-18(21)6-12)16(31)8-28-7-15(26-27-28)11-4-13(22)19(24)14(23)5-11/h2-7,10,16-17,20,29-31H,8-9H2,1H3/t10-,16+,17?,20?/m1/s1. The van der Waals surface area contributed by atoms with Crippen molar-refractivity contribution >= 4 is 23.4 Å². The van der Waals surface area contributed by atoms with E-state index in [1.54, 1.807) is 12.1 Å². The largest absolute Gasteiger partial charge is 0.394 e. The molecule has 2 aromatic heterocycles. The van der Waals surface area contributed by atoms with Gasteiger partial charge in [0.15, 0.2) is 17.5 Å². The summed E-state index contributed by atoms with van der Waals surface area (Å²) in [7, 11) is 0. The molecule has 0 amide bonds. The van der Waals surface area contributed by atoms with Gasteiger partial charge in [-0.15, -0.1) is 5.10 Å². The van der Waals surface area contributed by atoms with E-state index in [0.717, 1.165) is 23.9 Å². The van der Waals surface area contributed by atoms with E-state index in [1.807, 2.05) is 0 Å². The lowest BCUT2D eigenvalue weighted by Gasteiger charge is -2.28. The van der Waals surface area contributed by atoms with Crippen LogP contribution in [-0.2, 0) is 11.3 Å². The molecule has 33 heavy (non-hydrogen) atoms. The predicted octanol–water partition coefficient (Wildman–Crippen LogP) is 2.65. The molecule has 178 valence electrons. The van der Waals surface area contributed by atoms with E-state index >= 15 is 0 Å². The van der Waals surface area contributed by atoms with Crippen LogP contribution in [0.2, 0.25) is 5.15 Å². The monoisotopic (exact) mass is 504 g/mol. The quantitative estimate of drug-likeness (QED) is 0.167. The number of benzene rings is 1. The second-order valence-electron chi connectivity index (χ2n) is 7.05. The fraction of sp³-hybridized carbons (Fsp3) is 0.350. The summed E-state index contributed by atoms with van der Waals surface area (Å²) in [6.07, 6.45) is -0.445. The van der Waals surface area contributed by atoms with Crippen LogP contribution in [0.5, 0.6) is 0 Å². The Hall–Kier alpha value is -2.22. The third kappa shape index (κ3) is 6.65. The van der Waals surface area contributed by atoms with E-state index in [1.165, 1.54) is 24.0 Å². The van der Waals surface area contributed by atoms with Gasteiger partial charge in [0.25, 0.3) is 0 Å². The fourth-order valence-corrected chi connectivity index (χ4v) is 4.04. The smallest absolute Gasteiger partial charge is 0.194 e. The van der Waals surface area contributed by atoms with E-state index in [2.05, 4.69) is 15.3 Å². The van der Waals surface area contributed by atoms with Gasteiger partial charge in [-0.05, 0) is 31.2 Å². The summed E-state index contributed by atoms with van der Waals surface area (Å²) in [6.45, 7) is 0.782. The van der Waals surface area contributed by atoms with Crippen molar-refractivity contribution < 1.29 is 33.2 Å². The van der Waals surface area contributed by atoms with Crippen LogP contribution in [0.3, 0.4) is 0 Å². The lowest BCUT2D eigenvalue weighted by Crippen LogP contribution is -2.39. The highest BCUT2D eigenvalue weighted by Crippen LogP contribution is 2.30. The highest BCUT2D eigenvalue weighted by atomic mass is 35.5. The second-order valence-corrected chi connectivity index (χ2v) is 8.60. The van der Waals surface area contributed by atoms with Gasteiger partial charge in [-0.25, -0.2) is 22.8 Å². The van der Waals surface area contributed by atoms with Gasteiger partial charge in [-0.1, -0.05) is 28.6 Å². The number of aromatic nitrogens is 4. The molecule has 0 saturated heterocycles. The normalized spacial score (nSPS) is 15.3. The second kappa shape index (κ2) is 11.3. The summed E-state index contributed by atoms with van der Waals surface area (Å²) < 4.78 is 47.2. The Kier molecular flexibility index (Phi) is 8.68. The Morgan fingerprint density at radius 1 is 1.18 bits per heavy atom. The molecule has 8 nitrogen and oxygen atoms in total. The number of pyridine rings is 1. The molecule has 0 fully saturated rings. The first kappa shape index (κ1) is 25.4. The predicted molar refractivity (Wildman–Crippen MR) is 114 cm³/mol. The minimum atomic E-state index is -1.59. The first-order valence-electron chi connectivity index (χ1n) is 9.63. The molecule has 2 heterocycles. The maximum absolute atomic E-state index is 13.5. The first-order valence-corrected chi connectivity index (χ1v) is 10.9. The fourth-order valence-electron chi connectivity index (χ4n) is 2.77. The molecule has 2 unspecified atom stereocenters. The Labute approximate surface area is 196 Å². The number of nitrogens with zero attached hydrogens (tertiary/aromatic N) is 4. The minimum Gasteiger partial charge on any atom is -0.394 e. The molecular formula is C20H20ClF3N4O4S. The van der Waals surface area contributed by atoms with Gasteiger partial charge in [0.2, 0.25) is 0 Å². The summed E-state index contributed by atoms with van der Waals surface area (Å²) in [6, 6.07) is 4.76. The van der Waals surface area contributed by atoms with Crippen LogP contribution in [-0.4, -0.2) is 65.7 Å². The zero-order chi connectivity index (χ0) is 24.1. The Morgan fingerprint density at radius 2 is 1.88 bits per heavy atom. The van der Waals surface area contributed by atoms with Crippen molar-refractivity contribution in [3.8, 4) is 11.3 Å². The van der Waals surface area contributed by atoms with Crippen molar-refractivity contribution in [1.82, 2.24) is 20.0 Å². The molecule has 3 N–H and O–H groups in total. The molecule has 3 aromatic rings. The third-order valence-electron chi connectivity index (χ3n) is 4.48. The molecule has 13 heteroatoms. The van der Waals surface area contributed by atoms with Crippen LogP contribution in [0, 0.1) is 17.5 Å². The van der Waals surface area contributed by atoms with Crippen LogP contribution in [0.4, 0.5) is 13.2 Å². The molecule has 0 aliphatic rings. The van der Waals surface area contributed by atoms with E-state index in [4.69, 9.17) is 16.3 Å². The molecular weight excluding hydrogens is 485 g/mol. The van der Waals surface area contributed by atoms with Crippen LogP contribution in [0.25, 0.3) is 11.3 Å². The zero-order valence-electron chi connectivity index (χ0n) is 17.1. The number of ether oxygens (including phenoxy) is 1. The molecule has 4 atom stereocenters. The molecule has 0 radical (unpaired) electrons. The number of aliphatic hydroxyl groups is 3. The summed E-state index contributed by atoms with van der Waals surface area (Å²) in [5.41, 5.74) is -0.956. The van der Waals surface area contributed by atoms with Crippen molar-refractivity contribution in [2.45, 2.75) is 42.1 Å². The van der Waals surface area contributed by atoms with Gasteiger partial charge >= 0.3 is 0 Å². The van der Waals surface area contributed by atoms with Gasteiger partial charge in [0.1, 0.15) is 28.5 Å². The average molecular weight is 505 g/mol. The van der Waals surface area contributed by atoms with Crippen molar-refractivity contribution in [2.75, 3.05) is 6.61 Å². The van der Waals surface area contributed by atoms with Gasteiger partial charge < -0.3 is 20.1 Å². The molecule has 0 bridgehead atoms. The Morgan fingerprint density at radius 3 is 2.48 bits per heavy atom. The highest BCUT2D eigenvalue weighted by Gasteiger charge is 2.28. The molecule has 0 spiro atoms. The molecule has 0 aliphatic carbocycles. The zero-order valence-corrected chi connectivity index (χ0v) is 18.7. The highest BCUT2D eigenvalue weighted by molar-refractivity contribution is 7.99. The van der Waals surface area contributed by atoms with Crippen LogP contribution in [0.1, 0.15) is 6.92 Å². The summed E-state index contributed by atoms with van der Waals surface area (Å²) in [4.78, 5) is 4.49. The number of aliphatic hydroxyl groups excluding tert-OH is 3. The van der Waals surface area contributed by atoms with Gasteiger partial charge in [0, 0.05) is 16.7 Å². The molecule has 0 saturated carbocycles. The first-order chi connectivity index (χ1) is 15.7. The number of halogens is 4. The lowest BCUT2D eigenvalue weighted by atomic mass is 10.1. The number of thioether (sulfide) groups is 1. The molecule has 1 aromatic carbocycles. The molecule has 0 aliphatic heterocycles.